The normalized spacial score (nSPS) is 15.5. The van der Waals surface area contributed by atoms with Gasteiger partial charge in [-0.25, -0.2) is 0 Å². The number of hydrogen-bond acceptors (Lipinski definition) is 2. The van der Waals surface area contributed by atoms with Crippen LogP contribution in [0.1, 0.15) is 43.2 Å². The van der Waals surface area contributed by atoms with Crippen molar-refractivity contribution in [2.24, 2.45) is 4.99 Å². The summed E-state index contributed by atoms with van der Waals surface area (Å²) in [6.45, 7) is 0.631. The Hall–Kier alpha value is -1.52. The second kappa shape index (κ2) is 12.1. The van der Waals surface area contributed by atoms with E-state index in [0.717, 1.165) is 43.4 Å². The summed E-state index contributed by atoms with van der Waals surface area (Å²) in [7, 11) is 1.60. The SMILES string of the molecule is CN=C(NCCc1ccc(C(F)(F)F)cc1)NCC(=O)NC1CCCCC1.I. The van der Waals surface area contributed by atoms with E-state index in [9.17, 15) is 18.0 Å². The number of amides is 1. The number of nitrogens with one attached hydrogen (secondary N) is 3. The number of carbonyl (C=O) groups is 1. The van der Waals surface area contributed by atoms with Gasteiger partial charge in [0.15, 0.2) is 5.96 Å². The Bertz CT molecular complexity index is 629. The topological polar surface area (TPSA) is 65.5 Å². The molecule has 0 spiro atoms. The molecule has 158 valence electrons. The molecule has 1 saturated carbocycles. The fourth-order valence-corrected chi connectivity index (χ4v) is 3.10. The van der Waals surface area contributed by atoms with Crippen LogP contribution in [0.2, 0.25) is 0 Å². The van der Waals surface area contributed by atoms with Crippen LogP contribution >= 0.6 is 24.0 Å². The van der Waals surface area contributed by atoms with E-state index in [1.165, 1.54) is 18.6 Å². The fourth-order valence-electron chi connectivity index (χ4n) is 3.10. The summed E-state index contributed by atoms with van der Waals surface area (Å²) >= 11 is 0. The smallest absolute Gasteiger partial charge is 0.356 e. The lowest BCUT2D eigenvalue weighted by Gasteiger charge is -2.23. The third kappa shape index (κ3) is 8.66. The van der Waals surface area contributed by atoms with Crippen LogP contribution in [-0.2, 0) is 17.4 Å². The predicted octanol–water partition coefficient (Wildman–Crippen LogP) is 3.48. The largest absolute Gasteiger partial charge is 0.416 e. The molecule has 9 heteroatoms. The molecule has 3 N–H and O–H groups in total. The van der Waals surface area contributed by atoms with Gasteiger partial charge in [0.1, 0.15) is 0 Å². The molecule has 1 aromatic carbocycles. The van der Waals surface area contributed by atoms with E-state index in [1.54, 1.807) is 7.05 Å². The maximum Gasteiger partial charge on any atom is 0.416 e. The standard InChI is InChI=1S/C19H27F3N4O.HI/c1-23-18(25-13-17(27)26-16-5-3-2-4-6-16)24-12-11-14-7-9-15(10-8-14)19(20,21)22;/h7-10,16H,2-6,11-13H2,1H3,(H,26,27)(H2,23,24,25);1H. The average molecular weight is 512 g/mol. The quantitative estimate of drug-likeness (QED) is 0.311. The Morgan fingerprint density at radius 3 is 2.32 bits per heavy atom. The molecule has 1 aliphatic rings. The Kier molecular flexibility index (Phi) is 10.6. The van der Waals surface area contributed by atoms with Crippen molar-refractivity contribution in [1.29, 1.82) is 0 Å². The van der Waals surface area contributed by atoms with Gasteiger partial charge in [-0.3, -0.25) is 9.79 Å². The van der Waals surface area contributed by atoms with Gasteiger partial charge >= 0.3 is 6.18 Å². The number of nitrogens with zero attached hydrogens (tertiary/aromatic N) is 1. The number of hydrogen-bond donors (Lipinski definition) is 3. The van der Waals surface area contributed by atoms with Crippen LogP contribution in [0.15, 0.2) is 29.3 Å². The number of guanidine groups is 1. The third-order valence-corrected chi connectivity index (χ3v) is 4.60. The highest BCUT2D eigenvalue weighted by atomic mass is 127. The van der Waals surface area contributed by atoms with Gasteiger partial charge in [-0.05, 0) is 37.0 Å². The first-order chi connectivity index (χ1) is 12.9. The summed E-state index contributed by atoms with van der Waals surface area (Å²) in [6, 6.07) is 5.37. The molecule has 0 unspecified atom stereocenters. The summed E-state index contributed by atoms with van der Waals surface area (Å²) in [5, 5.41) is 9.03. The van der Waals surface area contributed by atoms with Crippen molar-refractivity contribution in [3.8, 4) is 0 Å². The Morgan fingerprint density at radius 1 is 1.11 bits per heavy atom. The third-order valence-electron chi connectivity index (χ3n) is 4.60. The van der Waals surface area contributed by atoms with Gasteiger partial charge in [0, 0.05) is 19.6 Å². The van der Waals surface area contributed by atoms with E-state index < -0.39 is 11.7 Å². The van der Waals surface area contributed by atoms with E-state index in [-0.39, 0.29) is 42.5 Å². The molecule has 1 aromatic rings. The Morgan fingerprint density at radius 2 is 1.75 bits per heavy atom. The van der Waals surface area contributed by atoms with Gasteiger partial charge in [0.2, 0.25) is 5.91 Å². The number of rotatable bonds is 6. The van der Waals surface area contributed by atoms with Gasteiger partial charge in [-0.1, -0.05) is 31.4 Å². The zero-order chi connectivity index (χ0) is 19.7. The lowest BCUT2D eigenvalue weighted by molar-refractivity contribution is -0.137. The Labute approximate surface area is 181 Å². The van der Waals surface area contributed by atoms with E-state index in [4.69, 9.17) is 0 Å². The van der Waals surface area contributed by atoms with Crippen molar-refractivity contribution < 1.29 is 18.0 Å². The van der Waals surface area contributed by atoms with Gasteiger partial charge in [0.25, 0.3) is 0 Å². The molecule has 0 aliphatic heterocycles. The minimum Gasteiger partial charge on any atom is -0.356 e. The van der Waals surface area contributed by atoms with Crippen LogP contribution in [0.25, 0.3) is 0 Å². The molecule has 0 aromatic heterocycles. The van der Waals surface area contributed by atoms with Crippen molar-refractivity contribution in [1.82, 2.24) is 16.0 Å². The van der Waals surface area contributed by atoms with E-state index in [1.807, 2.05) is 0 Å². The number of halogens is 4. The Balaban J connectivity index is 0.00000392. The minimum atomic E-state index is -4.32. The van der Waals surface area contributed by atoms with Crippen LogP contribution in [0.5, 0.6) is 0 Å². The molecule has 0 atom stereocenters. The molecule has 5 nitrogen and oxygen atoms in total. The monoisotopic (exact) mass is 512 g/mol. The highest BCUT2D eigenvalue weighted by molar-refractivity contribution is 14.0. The molecular weight excluding hydrogens is 484 g/mol. The molecule has 0 saturated heterocycles. The highest BCUT2D eigenvalue weighted by Gasteiger charge is 2.29. The molecule has 2 rings (SSSR count). The van der Waals surface area contributed by atoms with Gasteiger partial charge in [-0.2, -0.15) is 13.2 Å². The van der Waals surface area contributed by atoms with Crippen molar-refractivity contribution in [3.63, 3.8) is 0 Å². The molecule has 0 radical (unpaired) electrons. The first kappa shape index (κ1) is 24.5. The number of carbonyl (C=O) groups excluding carboxylic acids is 1. The van der Waals surface area contributed by atoms with Crippen molar-refractivity contribution in [2.75, 3.05) is 20.1 Å². The predicted molar refractivity (Wildman–Crippen MR) is 115 cm³/mol. The molecule has 0 heterocycles. The summed E-state index contributed by atoms with van der Waals surface area (Å²) in [5.74, 6) is 0.424. The zero-order valence-electron chi connectivity index (χ0n) is 15.9. The summed E-state index contributed by atoms with van der Waals surface area (Å²) in [6.07, 6.45) is 1.85. The first-order valence-electron chi connectivity index (χ1n) is 9.28. The van der Waals surface area contributed by atoms with Crippen molar-refractivity contribution >= 4 is 35.8 Å². The summed E-state index contributed by atoms with van der Waals surface area (Å²) < 4.78 is 37.7. The molecule has 1 amide bonds. The molecule has 28 heavy (non-hydrogen) atoms. The van der Waals surface area contributed by atoms with Crippen LogP contribution in [-0.4, -0.2) is 38.0 Å². The van der Waals surface area contributed by atoms with Gasteiger partial charge in [0.05, 0.1) is 12.1 Å². The summed E-state index contributed by atoms with van der Waals surface area (Å²) in [5.41, 5.74) is 0.140. The highest BCUT2D eigenvalue weighted by Crippen LogP contribution is 2.29. The average Bonchev–Trinajstić information content (AvgIpc) is 2.65. The van der Waals surface area contributed by atoms with Crippen molar-refractivity contribution in [2.45, 2.75) is 50.7 Å². The van der Waals surface area contributed by atoms with Crippen molar-refractivity contribution in [3.05, 3.63) is 35.4 Å². The second-order valence-corrected chi connectivity index (χ2v) is 6.70. The molecular formula is C19H28F3IN4O. The maximum atomic E-state index is 12.6. The second-order valence-electron chi connectivity index (χ2n) is 6.70. The van der Waals surface area contributed by atoms with Crippen LogP contribution in [0.3, 0.4) is 0 Å². The number of aliphatic imine (C=N–C) groups is 1. The first-order valence-corrected chi connectivity index (χ1v) is 9.28. The van der Waals surface area contributed by atoms with E-state index in [2.05, 4.69) is 20.9 Å². The number of benzene rings is 1. The lowest BCUT2D eigenvalue weighted by atomic mass is 9.95. The van der Waals surface area contributed by atoms with Gasteiger partial charge in [-0.15, -0.1) is 24.0 Å². The lowest BCUT2D eigenvalue weighted by Crippen LogP contribution is -2.46. The van der Waals surface area contributed by atoms with Crippen LogP contribution in [0.4, 0.5) is 13.2 Å². The summed E-state index contributed by atoms with van der Waals surface area (Å²) in [4.78, 5) is 16.0. The van der Waals surface area contributed by atoms with E-state index >= 15 is 0 Å². The zero-order valence-corrected chi connectivity index (χ0v) is 18.3. The number of alkyl halides is 3. The van der Waals surface area contributed by atoms with Crippen LogP contribution < -0.4 is 16.0 Å². The van der Waals surface area contributed by atoms with Gasteiger partial charge < -0.3 is 16.0 Å². The van der Waals surface area contributed by atoms with Crippen LogP contribution in [0, 0.1) is 0 Å². The molecule has 1 fully saturated rings. The van der Waals surface area contributed by atoms with E-state index in [0.29, 0.717) is 18.9 Å². The molecule has 0 bridgehead atoms. The molecule has 1 aliphatic carbocycles. The maximum absolute atomic E-state index is 12.6. The minimum absolute atomic E-state index is 0. The fraction of sp³-hybridized carbons (Fsp3) is 0.579.